The normalized spacial score (nSPS) is 25.0. The molecule has 0 bridgehead atoms. The minimum atomic E-state index is 0.546. The molecular weight excluding hydrogens is 231 g/mol. The lowest BCUT2D eigenvalue weighted by atomic mass is 9.77. The molecule has 16 heavy (non-hydrogen) atoms. The van der Waals surface area contributed by atoms with Crippen molar-refractivity contribution in [2.75, 3.05) is 0 Å². The molecule has 0 spiro atoms. The van der Waals surface area contributed by atoms with Crippen LogP contribution in [-0.4, -0.2) is 5.25 Å². The van der Waals surface area contributed by atoms with Gasteiger partial charge >= 0.3 is 0 Å². The van der Waals surface area contributed by atoms with Gasteiger partial charge in [-0.2, -0.15) is 0 Å². The van der Waals surface area contributed by atoms with E-state index >= 15 is 0 Å². The van der Waals surface area contributed by atoms with E-state index in [0.717, 1.165) is 13.0 Å². The highest BCUT2D eigenvalue weighted by atomic mass is 32.7. The van der Waals surface area contributed by atoms with Crippen LogP contribution in [0.25, 0.3) is 0 Å². The monoisotopic (exact) mass is 252 g/mol. The molecule has 0 nitrogen and oxygen atoms in total. The highest BCUT2D eigenvalue weighted by molar-refractivity contribution is 8.51. The van der Waals surface area contributed by atoms with Crippen LogP contribution in [0, 0.1) is 5.41 Å². The second kappa shape index (κ2) is 5.56. The molecule has 2 rings (SSSR count). The fraction of sp³-hybridized carbons (Fsp3) is 0.571. The summed E-state index contributed by atoms with van der Waals surface area (Å²) >= 11 is 2.19. The third-order valence-electron chi connectivity index (χ3n) is 3.50. The van der Waals surface area contributed by atoms with Gasteiger partial charge in [0, 0.05) is 5.25 Å². The van der Waals surface area contributed by atoms with E-state index in [0.29, 0.717) is 5.41 Å². The molecular formula is C14H21PS. The van der Waals surface area contributed by atoms with Crippen molar-refractivity contribution in [3.63, 3.8) is 0 Å². The van der Waals surface area contributed by atoms with Crippen molar-refractivity contribution >= 4 is 24.5 Å². The van der Waals surface area contributed by atoms with Crippen molar-refractivity contribution in [3.05, 3.63) is 30.3 Å². The first-order valence-corrected chi connectivity index (χ1v) is 8.76. The van der Waals surface area contributed by atoms with Gasteiger partial charge in [-0.05, 0) is 31.3 Å². The third-order valence-corrected chi connectivity index (χ3v) is 7.26. The number of hydrogen-bond donors (Lipinski definition) is 0. The van der Waals surface area contributed by atoms with Crippen LogP contribution in [-0.2, 0) is 0 Å². The summed E-state index contributed by atoms with van der Waals surface area (Å²) in [6.45, 7) is 4.89. The van der Waals surface area contributed by atoms with Crippen LogP contribution < -0.4 is 5.30 Å². The molecule has 88 valence electrons. The topological polar surface area (TPSA) is 0 Å². The quantitative estimate of drug-likeness (QED) is 0.708. The molecule has 1 aromatic carbocycles. The first kappa shape index (κ1) is 12.5. The summed E-state index contributed by atoms with van der Waals surface area (Å²) in [5, 5.41) is 2.36. The van der Waals surface area contributed by atoms with Crippen LogP contribution in [0.1, 0.15) is 39.5 Å². The summed E-state index contributed by atoms with van der Waals surface area (Å²) in [5.74, 6) is 0. The third kappa shape index (κ3) is 3.25. The van der Waals surface area contributed by atoms with Crippen molar-refractivity contribution in [1.29, 1.82) is 0 Å². The number of benzene rings is 1. The average Bonchev–Trinajstić information content (AvgIpc) is 2.28. The molecule has 1 saturated carbocycles. The molecule has 0 heterocycles. The van der Waals surface area contributed by atoms with Crippen LogP contribution in [0.2, 0.25) is 0 Å². The number of hydrogen-bond acceptors (Lipinski definition) is 1. The van der Waals surface area contributed by atoms with Gasteiger partial charge < -0.3 is 0 Å². The maximum absolute atomic E-state index is 2.44. The summed E-state index contributed by atoms with van der Waals surface area (Å²) in [7, 11) is 0.919. The van der Waals surface area contributed by atoms with E-state index in [9.17, 15) is 0 Å². The molecule has 0 saturated heterocycles. The van der Waals surface area contributed by atoms with Crippen LogP contribution >= 0.6 is 19.2 Å². The van der Waals surface area contributed by atoms with Gasteiger partial charge in [0.25, 0.3) is 0 Å². The molecule has 2 heteroatoms. The van der Waals surface area contributed by atoms with Gasteiger partial charge in [0.2, 0.25) is 0 Å². The molecule has 0 N–H and O–H groups in total. The van der Waals surface area contributed by atoms with Gasteiger partial charge in [0.05, 0.1) is 0 Å². The first-order valence-electron chi connectivity index (χ1n) is 6.15. The van der Waals surface area contributed by atoms with Crippen LogP contribution in [0.4, 0.5) is 0 Å². The Balaban J connectivity index is 1.90. The molecule has 1 fully saturated rings. The summed E-state index contributed by atoms with van der Waals surface area (Å²) in [5.41, 5.74) is 0.546. The van der Waals surface area contributed by atoms with E-state index in [1.165, 1.54) is 31.0 Å². The van der Waals surface area contributed by atoms with E-state index in [1.54, 1.807) is 0 Å². The van der Waals surface area contributed by atoms with Crippen LogP contribution in [0.3, 0.4) is 0 Å². The fourth-order valence-corrected chi connectivity index (χ4v) is 6.21. The molecule has 0 amide bonds. The lowest BCUT2D eigenvalue weighted by Crippen LogP contribution is -2.29. The van der Waals surface area contributed by atoms with Gasteiger partial charge in [-0.3, -0.25) is 0 Å². The van der Waals surface area contributed by atoms with Crippen molar-refractivity contribution in [3.8, 4) is 0 Å². The molecule has 0 radical (unpaired) electrons. The summed E-state index contributed by atoms with van der Waals surface area (Å²) in [6, 6.07) is 10.9. The Bertz CT molecular complexity index is 321. The molecule has 0 aromatic heterocycles. The summed E-state index contributed by atoms with van der Waals surface area (Å²) < 4.78 is 0. The zero-order chi connectivity index (χ0) is 11.4. The van der Waals surface area contributed by atoms with E-state index in [4.69, 9.17) is 0 Å². The predicted molar refractivity (Wildman–Crippen MR) is 78.0 cm³/mol. The van der Waals surface area contributed by atoms with Crippen LogP contribution in [0.5, 0.6) is 0 Å². The Morgan fingerprint density at radius 1 is 1.19 bits per heavy atom. The second-order valence-corrected chi connectivity index (χ2v) is 8.21. The smallest absolute Gasteiger partial charge is 0.0140 e. The Hall–Kier alpha value is 0. The average molecular weight is 252 g/mol. The van der Waals surface area contributed by atoms with E-state index in [-0.39, 0.29) is 0 Å². The minimum Gasteiger partial charge on any atom is -0.129 e. The van der Waals surface area contributed by atoms with Gasteiger partial charge in [-0.15, -0.1) is 11.4 Å². The van der Waals surface area contributed by atoms with Crippen molar-refractivity contribution in [2.45, 2.75) is 44.8 Å². The molecule has 1 aliphatic carbocycles. The van der Waals surface area contributed by atoms with E-state index < -0.39 is 0 Å². The minimum absolute atomic E-state index is 0.546. The van der Waals surface area contributed by atoms with E-state index in [1.807, 2.05) is 0 Å². The Labute approximate surface area is 105 Å². The molecule has 1 aliphatic rings. The molecule has 2 atom stereocenters. The number of rotatable bonds is 3. The SMILES string of the molecule is CC1(C)CCCCC1SPc1ccccc1. The second-order valence-electron chi connectivity index (χ2n) is 5.31. The van der Waals surface area contributed by atoms with Gasteiger partial charge in [-0.1, -0.05) is 57.0 Å². The Morgan fingerprint density at radius 3 is 2.62 bits per heavy atom. The maximum atomic E-state index is 2.44. The fourth-order valence-electron chi connectivity index (χ4n) is 2.33. The largest absolute Gasteiger partial charge is 0.129 e. The lowest BCUT2D eigenvalue weighted by molar-refractivity contribution is 0.257. The van der Waals surface area contributed by atoms with E-state index in [2.05, 4.69) is 55.6 Å². The van der Waals surface area contributed by atoms with Crippen LogP contribution in [0.15, 0.2) is 30.3 Å². The zero-order valence-corrected chi connectivity index (χ0v) is 12.0. The molecule has 1 aromatic rings. The van der Waals surface area contributed by atoms with Gasteiger partial charge in [0.1, 0.15) is 0 Å². The highest BCUT2D eigenvalue weighted by Crippen LogP contribution is 2.48. The lowest BCUT2D eigenvalue weighted by Gasteiger charge is -2.38. The van der Waals surface area contributed by atoms with Crippen molar-refractivity contribution in [2.24, 2.45) is 5.41 Å². The highest BCUT2D eigenvalue weighted by Gasteiger charge is 2.32. The predicted octanol–water partition coefficient (Wildman–Crippen LogP) is 4.61. The standard InChI is InChI=1S/C14H21PS/c1-14(2)11-7-6-10-13(14)16-15-12-8-4-3-5-9-12/h3-5,8-9,13,15H,6-7,10-11H2,1-2H3. The van der Waals surface area contributed by atoms with Crippen molar-refractivity contribution in [1.82, 2.24) is 0 Å². The first-order chi connectivity index (χ1) is 7.68. The van der Waals surface area contributed by atoms with Crippen molar-refractivity contribution < 1.29 is 0 Å². The van der Waals surface area contributed by atoms with Gasteiger partial charge in [-0.25, -0.2) is 0 Å². The van der Waals surface area contributed by atoms with Gasteiger partial charge in [0.15, 0.2) is 0 Å². The summed E-state index contributed by atoms with van der Waals surface area (Å²) in [6.07, 6.45) is 5.68. The Kier molecular flexibility index (Phi) is 4.33. The molecule has 2 unspecified atom stereocenters. The summed E-state index contributed by atoms with van der Waals surface area (Å²) in [4.78, 5) is 0. The zero-order valence-electron chi connectivity index (χ0n) is 10.2. The molecule has 0 aliphatic heterocycles. The maximum Gasteiger partial charge on any atom is 0.0140 e. The Morgan fingerprint density at radius 2 is 1.94 bits per heavy atom.